The zero-order chi connectivity index (χ0) is 9.80. The maximum Gasteiger partial charge on any atom is 0.204 e. The normalized spacial score (nSPS) is 10.4. The Morgan fingerprint density at radius 2 is 2.36 bits per heavy atom. The maximum atomic E-state index is 11.9. The van der Waals surface area contributed by atoms with Gasteiger partial charge in [0.1, 0.15) is 0 Å². The Balaban J connectivity index is 2.31. The molecule has 0 radical (unpaired) electrons. The number of H-pyrrole nitrogens is 1. The van der Waals surface area contributed by atoms with Gasteiger partial charge in [-0.15, -0.1) is 14.7 Å². The van der Waals surface area contributed by atoms with Crippen molar-refractivity contribution in [1.82, 2.24) is 26.2 Å². The second-order valence-electron chi connectivity index (χ2n) is 2.75. The summed E-state index contributed by atoms with van der Waals surface area (Å²) in [4.78, 5) is 0. The van der Waals surface area contributed by atoms with Crippen molar-refractivity contribution in [1.29, 1.82) is 0 Å². The molecule has 0 spiro atoms. The number of hydrogen-bond acceptors (Lipinski definition) is 4. The number of halogens is 1. The molecule has 0 amide bonds. The molecular weight excluding hydrogens is 185 g/mol. The van der Waals surface area contributed by atoms with E-state index in [9.17, 15) is 4.48 Å². The van der Waals surface area contributed by atoms with Gasteiger partial charge in [-0.2, -0.15) is 10.8 Å². The van der Waals surface area contributed by atoms with E-state index >= 15 is 0 Å². The van der Waals surface area contributed by atoms with Crippen molar-refractivity contribution in [3.05, 3.63) is 29.8 Å². The van der Waals surface area contributed by atoms with Crippen LogP contribution in [0.15, 0.2) is 24.3 Å². The Morgan fingerprint density at radius 1 is 1.43 bits per heavy atom. The van der Waals surface area contributed by atoms with Gasteiger partial charge in [0.2, 0.25) is 5.82 Å². The third kappa shape index (κ3) is 1.74. The summed E-state index contributed by atoms with van der Waals surface area (Å²) in [5.41, 5.74) is 3.23. The fourth-order valence-electron chi connectivity index (χ4n) is 1.18. The molecule has 0 unspecified atom stereocenters. The topological polar surface area (TPSA) is 66.5 Å². The molecule has 0 aliphatic rings. The van der Waals surface area contributed by atoms with Crippen molar-refractivity contribution in [3.8, 4) is 11.4 Å². The number of aromatic nitrogens is 4. The Kier molecular flexibility index (Phi) is 2.46. The Labute approximate surface area is 79.3 Å². The highest BCUT2D eigenvalue weighted by Gasteiger charge is 2.02. The molecule has 5 nitrogen and oxygen atoms in total. The van der Waals surface area contributed by atoms with Crippen molar-refractivity contribution in [3.63, 3.8) is 0 Å². The van der Waals surface area contributed by atoms with Gasteiger partial charge in [-0.05, 0) is 16.8 Å². The van der Waals surface area contributed by atoms with Crippen LogP contribution in [0.1, 0.15) is 5.56 Å². The molecule has 0 saturated carbocycles. The van der Waals surface area contributed by atoms with Gasteiger partial charge in [0.15, 0.2) is 0 Å². The SMILES string of the molecule is FNCc1cccc(-c2nn[nH]n2)c1. The zero-order valence-corrected chi connectivity index (χ0v) is 7.24. The van der Waals surface area contributed by atoms with Crippen LogP contribution in [-0.4, -0.2) is 20.6 Å². The minimum Gasteiger partial charge on any atom is -0.177 e. The van der Waals surface area contributed by atoms with E-state index in [-0.39, 0.29) is 6.54 Å². The summed E-state index contributed by atoms with van der Waals surface area (Å²) in [6, 6.07) is 7.28. The number of tetrazole rings is 1. The Hall–Kier alpha value is -1.82. The number of rotatable bonds is 3. The number of nitrogens with zero attached hydrogens (tertiary/aromatic N) is 3. The van der Waals surface area contributed by atoms with E-state index in [0.29, 0.717) is 5.82 Å². The highest BCUT2D eigenvalue weighted by Crippen LogP contribution is 2.14. The molecule has 0 atom stereocenters. The lowest BCUT2D eigenvalue weighted by atomic mass is 10.1. The van der Waals surface area contributed by atoms with Gasteiger partial charge in [-0.25, -0.2) is 0 Å². The molecule has 2 aromatic rings. The van der Waals surface area contributed by atoms with Crippen molar-refractivity contribution >= 4 is 0 Å². The Morgan fingerprint density at radius 3 is 3.07 bits per heavy atom. The molecule has 1 aromatic heterocycles. The minimum atomic E-state index is 0.172. The molecule has 0 bridgehead atoms. The van der Waals surface area contributed by atoms with E-state index in [1.807, 2.05) is 18.2 Å². The minimum absolute atomic E-state index is 0.172. The highest BCUT2D eigenvalue weighted by atomic mass is 19.2. The fraction of sp³-hybridized carbons (Fsp3) is 0.125. The molecule has 14 heavy (non-hydrogen) atoms. The summed E-state index contributed by atoms with van der Waals surface area (Å²) in [6.45, 7) is 0.172. The lowest BCUT2D eigenvalue weighted by Gasteiger charge is -1.99. The van der Waals surface area contributed by atoms with E-state index in [1.165, 1.54) is 0 Å². The Bertz CT molecular complexity index is 400. The van der Waals surface area contributed by atoms with Crippen LogP contribution in [0.5, 0.6) is 0 Å². The maximum absolute atomic E-state index is 11.9. The molecule has 1 aromatic carbocycles. The van der Waals surface area contributed by atoms with Crippen LogP contribution >= 0.6 is 0 Å². The van der Waals surface area contributed by atoms with Crippen LogP contribution in [0.2, 0.25) is 0 Å². The molecule has 6 heteroatoms. The molecule has 1 heterocycles. The largest absolute Gasteiger partial charge is 0.204 e. The van der Waals surface area contributed by atoms with Gasteiger partial charge in [0, 0.05) is 5.56 Å². The third-order valence-corrected chi connectivity index (χ3v) is 1.80. The van der Waals surface area contributed by atoms with E-state index in [0.717, 1.165) is 11.1 Å². The van der Waals surface area contributed by atoms with E-state index in [4.69, 9.17) is 0 Å². The monoisotopic (exact) mass is 193 g/mol. The quantitative estimate of drug-likeness (QED) is 0.709. The smallest absolute Gasteiger partial charge is 0.177 e. The number of aromatic amines is 1. The van der Waals surface area contributed by atoms with Crippen LogP contribution in [0.25, 0.3) is 11.4 Å². The van der Waals surface area contributed by atoms with Crippen LogP contribution in [-0.2, 0) is 6.54 Å². The number of nitrogens with one attached hydrogen (secondary N) is 2. The van der Waals surface area contributed by atoms with Gasteiger partial charge in [-0.3, -0.25) is 0 Å². The van der Waals surface area contributed by atoms with Gasteiger partial charge in [0.25, 0.3) is 0 Å². The second kappa shape index (κ2) is 3.93. The van der Waals surface area contributed by atoms with Crippen molar-refractivity contribution < 1.29 is 4.48 Å². The number of benzene rings is 1. The van der Waals surface area contributed by atoms with Gasteiger partial charge < -0.3 is 0 Å². The average Bonchev–Trinajstić information content (AvgIpc) is 2.71. The second-order valence-corrected chi connectivity index (χ2v) is 2.75. The lowest BCUT2D eigenvalue weighted by Crippen LogP contribution is -1.99. The summed E-state index contributed by atoms with van der Waals surface area (Å²) in [6.07, 6.45) is 0. The van der Waals surface area contributed by atoms with Gasteiger partial charge in [0.05, 0.1) is 6.54 Å². The van der Waals surface area contributed by atoms with Gasteiger partial charge in [-0.1, -0.05) is 18.2 Å². The number of hydrogen-bond donors (Lipinski definition) is 2. The fourth-order valence-corrected chi connectivity index (χ4v) is 1.18. The zero-order valence-electron chi connectivity index (χ0n) is 7.24. The van der Waals surface area contributed by atoms with Crippen molar-refractivity contribution in [2.45, 2.75) is 6.54 Å². The van der Waals surface area contributed by atoms with Crippen molar-refractivity contribution in [2.75, 3.05) is 0 Å². The third-order valence-electron chi connectivity index (χ3n) is 1.80. The molecule has 2 N–H and O–H groups in total. The lowest BCUT2D eigenvalue weighted by molar-refractivity contribution is 0.330. The van der Waals surface area contributed by atoms with Crippen molar-refractivity contribution in [2.24, 2.45) is 0 Å². The van der Waals surface area contributed by atoms with E-state index < -0.39 is 0 Å². The summed E-state index contributed by atoms with van der Waals surface area (Å²) in [5.74, 6) is 0.505. The van der Waals surface area contributed by atoms with Crippen LogP contribution in [0, 0.1) is 0 Å². The molecule has 0 aliphatic carbocycles. The summed E-state index contributed by atoms with van der Waals surface area (Å²) in [7, 11) is 0. The van der Waals surface area contributed by atoms with Crippen LogP contribution in [0.4, 0.5) is 4.48 Å². The summed E-state index contributed by atoms with van der Waals surface area (Å²) >= 11 is 0. The predicted octanol–water partition coefficient (Wildman–Crippen LogP) is 0.841. The van der Waals surface area contributed by atoms with Crippen LogP contribution < -0.4 is 5.54 Å². The molecular formula is C8H8FN5. The molecule has 0 saturated heterocycles. The molecule has 2 rings (SSSR count). The highest BCUT2D eigenvalue weighted by molar-refractivity contribution is 5.54. The molecule has 0 aliphatic heterocycles. The molecule has 0 fully saturated rings. The van der Waals surface area contributed by atoms with E-state index in [1.54, 1.807) is 11.6 Å². The first kappa shape index (κ1) is 8.76. The first-order valence-corrected chi connectivity index (χ1v) is 4.06. The van der Waals surface area contributed by atoms with E-state index in [2.05, 4.69) is 20.6 Å². The summed E-state index contributed by atoms with van der Waals surface area (Å²) in [5, 5.41) is 13.5. The summed E-state index contributed by atoms with van der Waals surface area (Å²) < 4.78 is 11.9. The van der Waals surface area contributed by atoms with Crippen LogP contribution in [0.3, 0.4) is 0 Å². The molecule has 72 valence electrons. The first-order valence-electron chi connectivity index (χ1n) is 4.06. The first-order chi connectivity index (χ1) is 6.90. The van der Waals surface area contributed by atoms with Gasteiger partial charge >= 0.3 is 0 Å². The predicted molar refractivity (Wildman–Crippen MR) is 47.6 cm³/mol. The standard InChI is InChI=1S/C8H8FN5/c9-10-5-6-2-1-3-7(4-6)8-11-13-14-12-8/h1-4,10H,5H2,(H,11,12,13,14). The average molecular weight is 193 g/mol.